The van der Waals surface area contributed by atoms with Crippen LogP contribution in [0.4, 0.5) is 0 Å². The first-order valence-corrected chi connectivity index (χ1v) is 9.86. The zero-order chi connectivity index (χ0) is 18.8. The molecule has 4 rings (SSSR count). The summed E-state index contributed by atoms with van der Waals surface area (Å²) in [5.74, 6) is 0.314. The van der Waals surface area contributed by atoms with E-state index in [1.54, 1.807) is 0 Å². The van der Waals surface area contributed by atoms with Crippen molar-refractivity contribution < 1.29 is 4.79 Å². The van der Waals surface area contributed by atoms with Crippen LogP contribution in [0.25, 0.3) is 11.1 Å². The van der Waals surface area contributed by atoms with E-state index in [0.29, 0.717) is 27.5 Å². The molecule has 1 amide bonds. The first-order valence-electron chi connectivity index (χ1n) is 8.67. The molecule has 27 heavy (non-hydrogen) atoms. The number of halogens is 1. The van der Waals surface area contributed by atoms with Crippen molar-refractivity contribution in [2.24, 2.45) is 7.05 Å². The van der Waals surface area contributed by atoms with Gasteiger partial charge in [0.05, 0.1) is 16.9 Å². The number of rotatable bonds is 6. The van der Waals surface area contributed by atoms with Crippen molar-refractivity contribution in [3.8, 4) is 0 Å². The van der Waals surface area contributed by atoms with Gasteiger partial charge < -0.3 is 5.32 Å². The molecule has 138 valence electrons. The first-order chi connectivity index (χ1) is 13.1. The molecule has 2 heterocycles. The van der Waals surface area contributed by atoms with Crippen LogP contribution in [0.5, 0.6) is 0 Å². The van der Waals surface area contributed by atoms with E-state index in [4.69, 9.17) is 11.6 Å². The molecule has 0 saturated heterocycles. The van der Waals surface area contributed by atoms with E-state index in [-0.39, 0.29) is 5.91 Å². The third-order valence-electron chi connectivity index (χ3n) is 4.41. The van der Waals surface area contributed by atoms with Gasteiger partial charge in [-0.1, -0.05) is 53.3 Å². The van der Waals surface area contributed by atoms with E-state index in [1.165, 1.54) is 29.7 Å². The van der Waals surface area contributed by atoms with E-state index in [9.17, 15) is 4.79 Å². The second-order valence-corrected chi connectivity index (χ2v) is 7.84. The van der Waals surface area contributed by atoms with Crippen LogP contribution in [-0.2, 0) is 13.6 Å². The van der Waals surface area contributed by atoms with Crippen molar-refractivity contribution in [1.82, 2.24) is 25.3 Å². The number of carbonyl (C=O) groups excluding carboxylic acids is 1. The summed E-state index contributed by atoms with van der Waals surface area (Å²) >= 11 is 7.63. The number of nitrogens with zero attached hydrogens (tertiary/aromatic N) is 4. The Morgan fingerprint density at radius 1 is 1.30 bits per heavy atom. The molecule has 1 fully saturated rings. The predicted molar refractivity (Wildman–Crippen MR) is 106 cm³/mol. The van der Waals surface area contributed by atoms with Gasteiger partial charge in [0.1, 0.15) is 0 Å². The molecule has 0 spiro atoms. The number of aryl methyl sites for hydroxylation is 1. The lowest BCUT2D eigenvalue weighted by Gasteiger charge is -2.02. The third kappa shape index (κ3) is 4.09. The second kappa shape index (κ2) is 7.62. The molecular formula is C19H18ClN5OS. The molecular weight excluding hydrogens is 382 g/mol. The topological polar surface area (TPSA) is 72.7 Å². The minimum Gasteiger partial charge on any atom is -0.346 e. The highest BCUT2D eigenvalue weighted by Crippen LogP contribution is 2.42. The van der Waals surface area contributed by atoms with Gasteiger partial charge >= 0.3 is 0 Å². The molecule has 0 atom stereocenters. The molecule has 1 saturated carbocycles. The van der Waals surface area contributed by atoms with Crippen molar-refractivity contribution in [3.05, 3.63) is 63.4 Å². The quantitative estimate of drug-likeness (QED) is 0.684. The highest BCUT2D eigenvalue weighted by molar-refractivity contribution is 7.15. The van der Waals surface area contributed by atoms with Gasteiger partial charge in [0.15, 0.2) is 5.01 Å². The molecule has 1 aliphatic rings. The first kappa shape index (κ1) is 17.9. The lowest BCUT2D eigenvalue weighted by Crippen LogP contribution is -2.22. The Kier molecular flexibility index (Phi) is 5.05. The summed E-state index contributed by atoms with van der Waals surface area (Å²) in [6.07, 6.45) is 6.13. The molecule has 0 unspecified atom stereocenters. The van der Waals surface area contributed by atoms with E-state index < -0.39 is 0 Å². The van der Waals surface area contributed by atoms with Gasteiger partial charge in [-0.15, -0.1) is 10.2 Å². The van der Waals surface area contributed by atoms with Crippen LogP contribution in [0.1, 0.15) is 50.4 Å². The Hall–Kier alpha value is -2.51. The maximum Gasteiger partial charge on any atom is 0.282 e. The van der Waals surface area contributed by atoms with E-state index in [2.05, 4.69) is 20.6 Å². The van der Waals surface area contributed by atoms with Gasteiger partial charge in [-0.3, -0.25) is 9.48 Å². The number of hydrogen-bond acceptors (Lipinski definition) is 5. The van der Waals surface area contributed by atoms with Crippen LogP contribution in [0.15, 0.2) is 36.5 Å². The predicted octanol–water partition coefficient (Wildman–Crippen LogP) is 3.82. The van der Waals surface area contributed by atoms with Crippen molar-refractivity contribution in [3.63, 3.8) is 0 Å². The molecule has 3 aromatic rings. The molecule has 1 aliphatic carbocycles. The fourth-order valence-corrected chi connectivity index (χ4v) is 3.72. The van der Waals surface area contributed by atoms with Crippen LogP contribution < -0.4 is 5.32 Å². The minimum atomic E-state index is -0.258. The molecule has 0 aliphatic heterocycles. The van der Waals surface area contributed by atoms with Crippen LogP contribution in [0, 0.1) is 0 Å². The van der Waals surface area contributed by atoms with Gasteiger partial charge in [0.2, 0.25) is 5.01 Å². The fourth-order valence-electron chi connectivity index (χ4n) is 2.80. The van der Waals surface area contributed by atoms with Crippen LogP contribution in [0.3, 0.4) is 0 Å². The average Bonchev–Trinajstić information content (AvgIpc) is 3.28. The molecule has 6 nitrogen and oxygen atoms in total. The molecule has 1 aromatic carbocycles. The summed E-state index contributed by atoms with van der Waals surface area (Å²) in [5.41, 5.74) is 3.21. The molecule has 0 radical (unpaired) electrons. The van der Waals surface area contributed by atoms with Gasteiger partial charge in [-0.25, -0.2) is 0 Å². The maximum absolute atomic E-state index is 12.3. The molecule has 8 heteroatoms. The number of hydrogen-bond donors (Lipinski definition) is 1. The summed E-state index contributed by atoms with van der Waals surface area (Å²) in [4.78, 5) is 12.3. The van der Waals surface area contributed by atoms with E-state index >= 15 is 0 Å². The van der Waals surface area contributed by atoms with Gasteiger partial charge in [0, 0.05) is 19.2 Å². The second-order valence-electron chi connectivity index (χ2n) is 6.46. The summed E-state index contributed by atoms with van der Waals surface area (Å²) in [5, 5.41) is 16.5. The number of aromatic nitrogens is 4. The molecule has 0 bridgehead atoms. The largest absolute Gasteiger partial charge is 0.346 e. The van der Waals surface area contributed by atoms with Crippen molar-refractivity contribution in [1.29, 1.82) is 0 Å². The highest BCUT2D eigenvalue weighted by Gasteiger charge is 2.28. The standard InChI is InChI=1S/C19H18ClN5OS/c1-25-16(14(11-22-25)13-7-8-13)9-15(20)18-23-24-19(27-18)17(26)21-10-12-5-3-2-4-6-12/h2-6,9,11,13H,7-8,10H2,1H3,(H,21,26). The summed E-state index contributed by atoms with van der Waals surface area (Å²) in [6.45, 7) is 0.442. The van der Waals surface area contributed by atoms with Gasteiger partial charge in [0.25, 0.3) is 5.91 Å². The zero-order valence-corrected chi connectivity index (χ0v) is 16.3. The summed E-state index contributed by atoms with van der Waals surface area (Å²) < 4.78 is 1.81. The Labute approximate surface area is 165 Å². The Balaban J connectivity index is 1.47. The van der Waals surface area contributed by atoms with Gasteiger partial charge in [-0.2, -0.15) is 5.10 Å². The number of carbonyl (C=O) groups is 1. The minimum absolute atomic E-state index is 0.258. The zero-order valence-electron chi connectivity index (χ0n) is 14.7. The normalized spacial score (nSPS) is 14.4. The third-order valence-corrected chi connectivity index (χ3v) is 5.77. The van der Waals surface area contributed by atoms with Crippen LogP contribution in [-0.4, -0.2) is 25.9 Å². The Morgan fingerprint density at radius 2 is 2.04 bits per heavy atom. The number of nitrogens with one attached hydrogen (secondary N) is 1. The van der Waals surface area contributed by atoms with Crippen molar-refractivity contribution in [2.75, 3.05) is 0 Å². The number of amides is 1. The molecule has 1 N–H and O–H groups in total. The maximum atomic E-state index is 12.3. The van der Waals surface area contributed by atoms with E-state index in [0.717, 1.165) is 11.3 Å². The Morgan fingerprint density at radius 3 is 2.78 bits per heavy atom. The highest BCUT2D eigenvalue weighted by atomic mass is 35.5. The fraction of sp³-hybridized carbons (Fsp3) is 0.263. The van der Waals surface area contributed by atoms with Gasteiger partial charge in [-0.05, 0) is 30.4 Å². The lowest BCUT2D eigenvalue weighted by molar-refractivity contribution is 0.0950. The van der Waals surface area contributed by atoms with Crippen molar-refractivity contribution in [2.45, 2.75) is 25.3 Å². The lowest BCUT2D eigenvalue weighted by atomic mass is 10.1. The SMILES string of the molecule is Cn1ncc(C2CC2)c1C=C(Cl)c1nnc(C(=O)NCc2ccccc2)s1. The van der Waals surface area contributed by atoms with Crippen LogP contribution in [0.2, 0.25) is 0 Å². The smallest absolute Gasteiger partial charge is 0.282 e. The number of benzene rings is 1. The Bertz CT molecular complexity index is 991. The monoisotopic (exact) mass is 399 g/mol. The average molecular weight is 400 g/mol. The van der Waals surface area contributed by atoms with Crippen molar-refractivity contribution >= 4 is 40.0 Å². The molecule has 2 aromatic heterocycles. The van der Waals surface area contributed by atoms with Crippen LogP contribution >= 0.6 is 22.9 Å². The summed E-state index contributed by atoms with van der Waals surface area (Å²) in [7, 11) is 1.89. The summed E-state index contributed by atoms with van der Waals surface area (Å²) in [6, 6.07) is 9.72. The van der Waals surface area contributed by atoms with E-state index in [1.807, 2.05) is 54.3 Å².